The minimum Gasteiger partial charge on any atom is -0.394 e. The highest BCUT2D eigenvalue weighted by Gasteiger charge is 2.16. The van der Waals surface area contributed by atoms with E-state index in [1.165, 1.54) is 0 Å². The molecule has 0 aliphatic heterocycles. The Balaban J connectivity index is 1.83. The molecular formula is C17H15ClN2O2. The van der Waals surface area contributed by atoms with Crippen molar-refractivity contribution in [3.8, 4) is 0 Å². The van der Waals surface area contributed by atoms with Gasteiger partial charge in [-0.1, -0.05) is 41.9 Å². The predicted octanol–water partition coefficient (Wildman–Crippen LogP) is 3.28. The number of aliphatic hydroxyl groups excluding tert-OH is 1. The average Bonchev–Trinajstić information content (AvgIpc) is 2.96. The summed E-state index contributed by atoms with van der Waals surface area (Å²) in [4.78, 5) is 15.4. The summed E-state index contributed by atoms with van der Waals surface area (Å²) in [6.07, 6.45) is 0. The number of H-pyrrole nitrogens is 1. The minimum absolute atomic E-state index is 0.165. The molecule has 3 aromatic rings. The molecule has 112 valence electrons. The number of amides is 1. The van der Waals surface area contributed by atoms with Crippen LogP contribution < -0.4 is 5.32 Å². The fourth-order valence-corrected chi connectivity index (χ4v) is 2.56. The number of halogens is 1. The van der Waals surface area contributed by atoms with Gasteiger partial charge in [-0.3, -0.25) is 4.79 Å². The molecule has 3 N–H and O–H groups in total. The largest absolute Gasteiger partial charge is 0.394 e. The SMILES string of the molecule is O=C(NC(CO)c1ccccc1)c1cc2cc(Cl)ccc2[nH]1. The van der Waals surface area contributed by atoms with Crippen molar-refractivity contribution in [2.45, 2.75) is 6.04 Å². The number of benzene rings is 2. The molecule has 0 saturated carbocycles. The first kappa shape index (κ1) is 14.6. The van der Waals surface area contributed by atoms with Gasteiger partial charge in [-0.25, -0.2) is 0 Å². The van der Waals surface area contributed by atoms with Crippen molar-refractivity contribution < 1.29 is 9.90 Å². The van der Waals surface area contributed by atoms with Crippen LogP contribution in [0.4, 0.5) is 0 Å². The molecule has 1 atom stereocenters. The zero-order valence-corrected chi connectivity index (χ0v) is 12.5. The molecule has 0 aliphatic rings. The molecule has 0 fully saturated rings. The van der Waals surface area contributed by atoms with Gasteiger partial charge in [0.05, 0.1) is 12.6 Å². The summed E-state index contributed by atoms with van der Waals surface area (Å²) < 4.78 is 0. The van der Waals surface area contributed by atoms with Gasteiger partial charge in [0, 0.05) is 15.9 Å². The van der Waals surface area contributed by atoms with E-state index < -0.39 is 6.04 Å². The molecule has 0 aliphatic carbocycles. The predicted molar refractivity (Wildman–Crippen MR) is 87.0 cm³/mol. The molecule has 22 heavy (non-hydrogen) atoms. The number of carbonyl (C=O) groups excluding carboxylic acids is 1. The number of hydrogen-bond donors (Lipinski definition) is 3. The molecular weight excluding hydrogens is 300 g/mol. The van der Waals surface area contributed by atoms with E-state index in [0.29, 0.717) is 10.7 Å². The van der Waals surface area contributed by atoms with Crippen molar-refractivity contribution in [3.63, 3.8) is 0 Å². The van der Waals surface area contributed by atoms with Crippen molar-refractivity contribution >= 4 is 28.4 Å². The number of aliphatic hydroxyl groups is 1. The third kappa shape index (κ3) is 2.98. The highest BCUT2D eigenvalue weighted by atomic mass is 35.5. The van der Waals surface area contributed by atoms with E-state index in [4.69, 9.17) is 11.6 Å². The second-order valence-corrected chi connectivity index (χ2v) is 5.47. The molecule has 2 aromatic carbocycles. The minimum atomic E-state index is -0.441. The summed E-state index contributed by atoms with van der Waals surface area (Å²) in [7, 11) is 0. The van der Waals surface area contributed by atoms with Gasteiger partial charge in [-0.05, 0) is 29.8 Å². The molecule has 4 nitrogen and oxygen atoms in total. The number of carbonyl (C=O) groups is 1. The zero-order valence-electron chi connectivity index (χ0n) is 11.7. The molecule has 3 rings (SSSR count). The normalized spacial score (nSPS) is 12.3. The van der Waals surface area contributed by atoms with Crippen LogP contribution in [0.1, 0.15) is 22.1 Å². The summed E-state index contributed by atoms with van der Waals surface area (Å²) >= 11 is 5.95. The summed E-state index contributed by atoms with van der Waals surface area (Å²) in [5.41, 5.74) is 2.14. The fourth-order valence-electron chi connectivity index (χ4n) is 2.38. The van der Waals surface area contributed by atoms with Gasteiger partial charge >= 0.3 is 0 Å². The molecule has 5 heteroatoms. The lowest BCUT2D eigenvalue weighted by Crippen LogP contribution is -2.30. The summed E-state index contributed by atoms with van der Waals surface area (Å²) in [5.74, 6) is -0.268. The number of fused-ring (bicyclic) bond motifs is 1. The lowest BCUT2D eigenvalue weighted by atomic mass is 10.1. The van der Waals surface area contributed by atoms with Gasteiger partial charge in [0.1, 0.15) is 5.69 Å². The van der Waals surface area contributed by atoms with Crippen LogP contribution in [-0.4, -0.2) is 22.6 Å². The Morgan fingerprint density at radius 1 is 1.18 bits per heavy atom. The average molecular weight is 315 g/mol. The van der Waals surface area contributed by atoms with Gasteiger partial charge in [-0.2, -0.15) is 0 Å². The van der Waals surface area contributed by atoms with Gasteiger partial charge in [-0.15, -0.1) is 0 Å². The van der Waals surface area contributed by atoms with Crippen LogP contribution in [0.3, 0.4) is 0 Å². The number of aromatic amines is 1. The third-order valence-corrected chi connectivity index (χ3v) is 3.75. The molecule has 1 amide bonds. The van der Waals surface area contributed by atoms with Crippen molar-refractivity contribution in [1.29, 1.82) is 0 Å². The summed E-state index contributed by atoms with van der Waals surface area (Å²) in [6, 6.07) is 16.1. The zero-order chi connectivity index (χ0) is 15.5. The maximum absolute atomic E-state index is 12.4. The monoisotopic (exact) mass is 314 g/mol. The van der Waals surface area contributed by atoms with Crippen LogP contribution in [-0.2, 0) is 0 Å². The van der Waals surface area contributed by atoms with Crippen molar-refractivity contribution in [3.05, 3.63) is 70.9 Å². The van der Waals surface area contributed by atoms with Gasteiger partial charge in [0.2, 0.25) is 0 Å². The smallest absolute Gasteiger partial charge is 0.268 e. The first-order chi connectivity index (χ1) is 10.7. The molecule has 0 spiro atoms. The number of hydrogen-bond acceptors (Lipinski definition) is 2. The first-order valence-electron chi connectivity index (χ1n) is 6.92. The first-order valence-corrected chi connectivity index (χ1v) is 7.30. The molecule has 0 saturated heterocycles. The maximum Gasteiger partial charge on any atom is 0.268 e. The Morgan fingerprint density at radius 3 is 2.68 bits per heavy atom. The number of rotatable bonds is 4. The van der Waals surface area contributed by atoms with E-state index in [1.807, 2.05) is 36.4 Å². The Kier molecular flexibility index (Phi) is 4.13. The third-order valence-electron chi connectivity index (χ3n) is 3.52. The van der Waals surface area contributed by atoms with Crippen LogP contribution >= 0.6 is 11.6 Å². The quantitative estimate of drug-likeness (QED) is 0.692. The molecule has 1 heterocycles. The van der Waals surface area contributed by atoms with Crippen molar-refractivity contribution in [2.75, 3.05) is 6.61 Å². The fraction of sp³-hybridized carbons (Fsp3) is 0.118. The Bertz CT molecular complexity index is 799. The Morgan fingerprint density at radius 2 is 1.95 bits per heavy atom. The molecule has 0 bridgehead atoms. The van der Waals surface area contributed by atoms with Crippen LogP contribution in [0.15, 0.2) is 54.6 Å². The van der Waals surface area contributed by atoms with Crippen molar-refractivity contribution in [1.82, 2.24) is 10.3 Å². The topological polar surface area (TPSA) is 65.1 Å². The maximum atomic E-state index is 12.4. The van der Waals surface area contributed by atoms with Crippen LogP contribution in [0.2, 0.25) is 5.02 Å². The lowest BCUT2D eigenvalue weighted by molar-refractivity contribution is 0.0912. The molecule has 0 radical (unpaired) electrons. The second-order valence-electron chi connectivity index (χ2n) is 5.03. The van der Waals surface area contributed by atoms with E-state index in [2.05, 4.69) is 10.3 Å². The molecule has 1 aromatic heterocycles. The summed E-state index contributed by atoms with van der Waals surface area (Å²) in [6.45, 7) is -0.165. The van der Waals surface area contributed by atoms with Crippen LogP contribution in [0.25, 0.3) is 10.9 Å². The van der Waals surface area contributed by atoms with Gasteiger partial charge in [0.25, 0.3) is 5.91 Å². The van der Waals surface area contributed by atoms with Gasteiger partial charge < -0.3 is 15.4 Å². The number of nitrogens with one attached hydrogen (secondary N) is 2. The van der Waals surface area contributed by atoms with E-state index in [-0.39, 0.29) is 12.5 Å². The highest BCUT2D eigenvalue weighted by Crippen LogP contribution is 2.20. The molecule has 1 unspecified atom stereocenters. The highest BCUT2D eigenvalue weighted by molar-refractivity contribution is 6.31. The van der Waals surface area contributed by atoms with Crippen LogP contribution in [0.5, 0.6) is 0 Å². The van der Waals surface area contributed by atoms with E-state index >= 15 is 0 Å². The second kappa shape index (κ2) is 6.22. The van der Waals surface area contributed by atoms with Gasteiger partial charge in [0.15, 0.2) is 0 Å². The number of aromatic nitrogens is 1. The van der Waals surface area contributed by atoms with Crippen molar-refractivity contribution in [2.24, 2.45) is 0 Å². The van der Waals surface area contributed by atoms with E-state index in [9.17, 15) is 9.90 Å². The van der Waals surface area contributed by atoms with Crippen LogP contribution in [0, 0.1) is 0 Å². The van der Waals surface area contributed by atoms with E-state index in [0.717, 1.165) is 16.5 Å². The Labute approximate surface area is 132 Å². The lowest BCUT2D eigenvalue weighted by Gasteiger charge is -2.16. The summed E-state index contributed by atoms with van der Waals surface area (Å²) in [5, 5.41) is 13.8. The van der Waals surface area contributed by atoms with E-state index in [1.54, 1.807) is 18.2 Å². The Hall–Kier alpha value is -2.30. The standard InChI is InChI=1S/C17H15ClN2O2/c18-13-6-7-14-12(8-13)9-15(19-14)17(22)20-16(10-21)11-4-2-1-3-5-11/h1-9,16,19,21H,10H2,(H,20,22).